The van der Waals surface area contributed by atoms with Crippen molar-refractivity contribution >= 4 is 21.7 Å². The van der Waals surface area contributed by atoms with Crippen LogP contribution in [0.1, 0.15) is 30.1 Å². The molecule has 0 atom stereocenters. The summed E-state index contributed by atoms with van der Waals surface area (Å²) in [6, 6.07) is 13.4. The van der Waals surface area contributed by atoms with E-state index >= 15 is 0 Å². The lowest BCUT2D eigenvalue weighted by Crippen LogP contribution is -2.25. The number of benzene rings is 2. The topological polar surface area (TPSA) is 72.9 Å². The second-order valence-corrected chi connectivity index (χ2v) is 7.99. The lowest BCUT2D eigenvalue weighted by Gasteiger charge is -2.17. The second-order valence-electron chi connectivity index (χ2n) is 5.98. The maximum Gasteiger partial charge on any atom is 0.343 e. The number of carbonyl (C=O) groups excluding carboxylic acids is 1. The van der Waals surface area contributed by atoms with Gasteiger partial charge in [-0.15, -0.1) is 0 Å². The van der Waals surface area contributed by atoms with Crippen LogP contribution in [0.25, 0.3) is 0 Å². The molecule has 138 valence electrons. The Morgan fingerprint density at radius 2 is 1.88 bits per heavy atom. The molecule has 1 saturated heterocycles. The summed E-state index contributed by atoms with van der Waals surface area (Å²) in [6.45, 7) is 2.94. The first-order valence-corrected chi connectivity index (χ1v) is 10.2. The van der Waals surface area contributed by atoms with Crippen LogP contribution < -0.4 is 13.8 Å². The predicted molar refractivity (Wildman–Crippen MR) is 99.4 cm³/mol. The predicted octanol–water partition coefficient (Wildman–Crippen LogP) is 3.23. The first-order chi connectivity index (χ1) is 12.5. The number of rotatable bonds is 6. The van der Waals surface area contributed by atoms with Crippen molar-refractivity contribution < 1.29 is 22.7 Å². The van der Waals surface area contributed by atoms with Gasteiger partial charge in [0.2, 0.25) is 10.0 Å². The second kappa shape index (κ2) is 7.78. The molecular formula is C19H21NO5S. The van der Waals surface area contributed by atoms with Crippen LogP contribution in [0.5, 0.6) is 11.5 Å². The number of ether oxygens (including phenoxy) is 2. The van der Waals surface area contributed by atoms with E-state index in [4.69, 9.17) is 9.47 Å². The van der Waals surface area contributed by atoms with Crippen molar-refractivity contribution in [1.29, 1.82) is 0 Å². The van der Waals surface area contributed by atoms with E-state index in [1.165, 1.54) is 4.31 Å². The first kappa shape index (κ1) is 18.3. The van der Waals surface area contributed by atoms with E-state index in [2.05, 4.69) is 0 Å². The van der Waals surface area contributed by atoms with E-state index in [0.29, 0.717) is 36.8 Å². The molecule has 0 radical (unpaired) electrons. The highest BCUT2D eigenvalue weighted by molar-refractivity contribution is 7.93. The molecule has 0 aromatic heterocycles. The Morgan fingerprint density at radius 3 is 2.58 bits per heavy atom. The summed E-state index contributed by atoms with van der Waals surface area (Å²) in [5.74, 6) is 0.409. The standard InChI is InChI=1S/C19H21NO5S/c1-2-12-24-17-9-3-4-10-18(17)25-19(21)15-7-5-8-16(14-15)20-11-6-13-26(20,22)23/h3-5,7-10,14H,2,6,11-13H2,1H3. The number of carbonyl (C=O) groups is 1. The number of sulfonamides is 1. The van der Waals surface area contributed by atoms with Crippen LogP contribution in [0.3, 0.4) is 0 Å². The molecule has 1 aliphatic rings. The molecule has 0 amide bonds. The highest BCUT2D eigenvalue weighted by Gasteiger charge is 2.28. The molecular weight excluding hydrogens is 354 g/mol. The summed E-state index contributed by atoms with van der Waals surface area (Å²) in [5, 5.41) is 0. The minimum Gasteiger partial charge on any atom is -0.490 e. The van der Waals surface area contributed by atoms with Crippen molar-refractivity contribution in [2.24, 2.45) is 0 Å². The van der Waals surface area contributed by atoms with Gasteiger partial charge in [0, 0.05) is 6.54 Å². The molecule has 2 aromatic carbocycles. The zero-order valence-corrected chi connectivity index (χ0v) is 15.4. The van der Waals surface area contributed by atoms with E-state index < -0.39 is 16.0 Å². The van der Waals surface area contributed by atoms with Crippen LogP contribution in [0.4, 0.5) is 5.69 Å². The van der Waals surface area contributed by atoms with Crippen LogP contribution in [-0.2, 0) is 10.0 Å². The number of hydrogen-bond donors (Lipinski definition) is 0. The Balaban J connectivity index is 1.80. The van der Waals surface area contributed by atoms with Gasteiger partial charge in [0.1, 0.15) is 0 Å². The van der Waals surface area contributed by atoms with Crippen LogP contribution in [0.15, 0.2) is 48.5 Å². The van der Waals surface area contributed by atoms with Crippen molar-refractivity contribution in [3.05, 3.63) is 54.1 Å². The van der Waals surface area contributed by atoms with Gasteiger partial charge in [0.15, 0.2) is 11.5 Å². The normalized spacial score (nSPS) is 15.7. The van der Waals surface area contributed by atoms with Gasteiger partial charge in [-0.2, -0.15) is 0 Å². The number of anilines is 1. The van der Waals surface area contributed by atoms with Gasteiger partial charge in [-0.3, -0.25) is 4.31 Å². The quantitative estimate of drug-likeness (QED) is 0.572. The van der Waals surface area contributed by atoms with Crippen LogP contribution in [0, 0.1) is 0 Å². The number of hydrogen-bond acceptors (Lipinski definition) is 5. The third-order valence-corrected chi connectivity index (χ3v) is 5.85. The molecule has 0 unspecified atom stereocenters. The zero-order valence-electron chi connectivity index (χ0n) is 14.6. The van der Waals surface area contributed by atoms with Gasteiger partial charge < -0.3 is 9.47 Å². The molecule has 0 N–H and O–H groups in total. The molecule has 3 rings (SSSR count). The molecule has 7 heteroatoms. The highest BCUT2D eigenvalue weighted by Crippen LogP contribution is 2.29. The smallest absolute Gasteiger partial charge is 0.343 e. The Hall–Kier alpha value is -2.54. The van der Waals surface area contributed by atoms with Gasteiger partial charge in [-0.25, -0.2) is 13.2 Å². The van der Waals surface area contributed by atoms with Gasteiger partial charge in [-0.1, -0.05) is 25.1 Å². The van der Waals surface area contributed by atoms with Crippen molar-refractivity contribution in [1.82, 2.24) is 0 Å². The third-order valence-electron chi connectivity index (χ3n) is 3.98. The fraction of sp³-hybridized carbons (Fsp3) is 0.316. The summed E-state index contributed by atoms with van der Waals surface area (Å²) in [6.07, 6.45) is 1.42. The SMILES string of the molecule is CCCOc1ccccc1OC(=O)c1cccc(N2CCCS2(=O)=O)c1. The molecule has 0 aliphatic carbocycles. The van der Waals surface area contributed by atoms with E-state index in [9.17, 15) is 13.2 Å². The number of para-hydroxylation sites is 2. The maximum absolute atomic E-state index is 12.5. The molecule has 0 bridgehead atoms. The van der Waals surface area contributed by atoms with Crippen LogP contribution in [-0.4, -0.2) is 33.3 Å². The van der Waals surface area contributed by atoms with Crippen molar-refractivity contribution in [3.63, 3.8) is 0 Å². The van der Waals surface area contributed by atoms with Crippen LogP contribution >= 0.6 is 0 Å². The molecule has 2 aromatic rings. The minimum atomic E-state index is -3.30. The van der Waals surface area contributed by atoms with Gasteiger partial charge >= 0.3 is 5.97 Å². The summed E-state index contributed by atoms with van der Waals surface area (Å²) in [4.78, 5) is 12.5. The van der Waals surface area contributed by atoms with Crippen molar-refractivity contribution in [2.45, 2.75) is 19.8 Å². The average molecular weight is 375 g/mol. The summed E-state index contributed by atoms with van der Waals surface area (Å²) in [5.41, 5.74) is 0.766. The van der Waals surface area contributed by atoms with E-state index in [-0.39, 0.29) is 11.3 Å². The Morgan fingerprint density at radius 1 is 1.12 bits per heavy atom. The Kier molecular flexibility index (Phi) is 5.46. The van der Waals surface area contributed by atoms with E-state index in [1.54, 1.807) is 48.5 Å². The molecule has 0 saturated carbocycles. The molecule has 1 aliphatic heterocycles. The minimum absolute atomic E-state index is 0.129. The van der Waals surface area contributed by atoms with Crippen molar-refractivity contribution in [2.75, 3.05) is 23.2 Å². The Bertz CT molecular complexity index is 894. The summed E-state index contributed by atoms with van der Waals surface area (Å²) < 4.78 is 36.5. The lowest BCUT2D eigenvalue weighted by atomic mass is 10.2. The van der Waals surface area contributed by atoms with Gasteiger partial charge in [0.05, 0.1) is 23.6 Å². The van der Waals surface area contributed by atoms with Crippen LogP contribution in [0.2, 0.25) is 0 Å². The number of nitrogens with zero attached hydrogens (tertiary/aromatic N) is 1. The van der Waals surface area contributed by atoms with Gasteiger partial charge in [-0.05, 0) is 43.2 Å². The fourth-order valence-corrected chi connectivity index (χ4v) is 4.30. The zero-order chi connectivity index (χ0) is 18.6. The fourth-order valence-electron chi connectivity index (χ4n) is 2.74. The molecule has 1 heterocycles. The molecule has 0 spiro atoms. The maximum atomic E-state index is 12.5. The van der Waals surface area contributed by atoms with Gasteiger partial charge in [0.25, 0.3) is 0 Å². The molecule has 26 heavy (non-hydrogen) atoms. The lowest BCUT2D eigenvalue weighted by molar-refractivity contribution is 0.0728. The first-order valence-electron chi connectivity index (χ1n) is 8.56. The Labute approximate surface area is 153 Å². The average Bonchev–Trinajstić information content (AvgIpc) is 3.00. The van der Waals surface area contributed by atoms with Crippen molar-refractivity contribution in [3.8, 4) is 11.5 Å². The summed E-state index contributed by atoms with van der Waals surface area (Å²) in [7, 11) is -3.30. The van der Waals surface area contributed by atoms with E-state index in [0.717, 1.165) is 6.42 Å². The monoisotopic (exact) mass is 375 g/mol. The largest absolute Gasteiger partial charge is 0.490 e. The summed E-state index contributed by atoms with van der Waals surface area (Å²) >= 11 is 0. The third kappa shape index (κ3) is 3.99. The van der Waals surface area contributed by atoms with E-state index in [1.807, 2.05) is 6.92 Å². The molecule has 1 fully saturated rings. The number of esters is 1. The highest BCUT2D eigenvalue weighted by atomic mass is 32.2. The molecule has 6 nitrogen and oxygen atoms in total.